The Bertz CT molecular complexity index is 1010. The van der Waals surface area contributed by atoms with Gasteiger partial charge in [-0.3, -0.25) is 14.3 Å². The highest BCUT2D eigenvalue weighted by Gasteiger charge is 2.23. The second kappa shape index (κ2) is 5.93. The van der Waals surface area contributed by atoms with E-state index in [0.29, 0.717) is 22.8 Å². The SMILES string of the molecule is Cc1nc2ccc(-c3cncc(N(C)C4CNC4)n3)cc2c(=O)n1C. The Labute approximate surface area is 145 Å². The van der Waals surface area contributed by atoms with Gasteiger partial charge in [0.1, 0.15) is 11.6 Å². The van der Waals surface area contributed by atoms with Crippen LogP contribution in [0.4, 0.5) is 5.82 Å². The largest absolute Gasteiger partial charge is 0.353 e. The minimum Gasteiger partial charge on any atom is -0.353 e. The molecule has 0 unspecified atom stereocenters. The number of fused-ring (bicyclic) bond motifs is 1. The molecule has 0 spiro atoms. The second-order valence-electron chi connectivity index (χ2n) is 6.44. The quantitative estimate of drug-likeness (QED) is 0.772. The standard InChI is InChI=1S/C18H20N6O/c1-11-21-15-5-4-12(6-14(15)18(25)23(11)2)16-9-20-10-17(22-16)24(3)13-7-19-8-13/h4-6,9-10,13,19H,7-8H2,1-3H3. The van der Waals surface area contributed by atoms with E-state index in [0.717, 1.165) is 30.2 Å². The van der Waals surface area contributed by atoms with Crippen LogP contribution in [0.5, 0.6) is 0 Å². The molecule has 1 aliphatic heterocycles. The van der Waals surface area contributed by atoms with Gasteiger partial charge in [-0.1, -0.05) is 6.07 Å². The normalized spacial score (nSPS) is 14.5. The van der Waals surface area contributed by atoms with Crippen LogP contribution in [0.3, 0.4) is 0 Å². The highest BCUT2D eigenvalue weighted by Crippen LogP contribution is 2.23. The average Bonchev–Trinajstić information content (AvgIpc) is 2.58. The summed E-state index contributed by atoms with van der Waals surface area (Å²) in [6.45, 7) is 3.74. The lowest BCUT2D eigenvalue weighted by Gasteiger charge is -2.36. The third-order valence-corrected chi connectivity index (χ3v) is 4.89. The Morgan fingerprint density at radius 1 is 1.24 bits per heavy atom. The van der Waals surface area contributed by atoms with E-state index in [1.54, 1.807) is 24.0 Å². The van der Waals surface area contributed by atoms with Gasteiger partial charge in [0.05, 0.1) is 35.0 Å². The Kier molecular flexibility index (Phi) is 3.73. The van der Waals surface area contributed by atoms with E-state index < -0.39 is 0 Å². The first-order valence-corrected chi connectivity index (χ1v) is 8.28. The van der Waals surface area contributed by atoms with Gasteiger partial charge in [0.15, 0.2) is 0 Å². The van der Waals surface area contributed by atoms with Crippen molar-refractivity contribution in [2.45, 2.75) is 13.0 Å². The van der Waals surface area contributed by atoms with Crippen LogP contribution >= 0.6 is 0 Å². The zero-order valence-corrected chi connectivity index (χ0v) is 14.5. The molecule has 0 saturated carbocycles. The zero-order valence-electron chi connectivity index (χ0n) is 14.5. The minimum atomic E-state index is -0.0499. The van der Waals surface area contributed by atoms with Crippen molar-refractivity contribution in [2.24, 2.45) is 7.05 Å². The van der Waals surface area contributed by atoms with Crippen molar-refractivity contribution in [3.05, 3.63) is 46.8 Å². The van der Waals surface area contributed by atoms with Crippen molar-refractivity contribution >= 4 is 16.7 Å². The van der Waals surface area contributed by atoms with E-state index in [4.69, 9.17) is 4.98 Å². The van der Waals surface area contributed by atoms with E-state index in [-0.39, 0.29) is 5.56 Å². The van der Waals surface area contributed by atoms with E-state index in [2.05, 4.69) is 20.2 Å². The Balaban J connectivity index is 1.78. The molecule has 4 rings (SSSR count). The molecule has 1 aliphatic rings. The molecule has 1 fully saturated rings. The molecule has 1 aromatic carbocycles. The maximum Gasteiger partial charge on any atom is 0.261 e. The van der Waals surface area contributed by atoms with Crippen LogP contribution in [0.2, 0.25) is 0 Å². The third kappa shape index (κ3) is 2.66. The summed E-state index contributed by atoms with van der Waals surface area (Å²) in [5.41, 5.74) is 2.27. The summed E-state index contributed by atoms with van der Waals surface area (Å²) in [6, 6.07) is 6.10. The second-order valence-corrected chi connectivity index (χ2v) is 6.44. The first-order valence-electron chi connectivity index (χ1n) is 8.28. The van der Waals surface area contributed by atoms with Crippen LogP contribution in [-0.2, 0) is 7.05 Å². The van der Waals surface area contributed by atoms with Crippen LogP contribution in [0.15, 0.2) is 35.4 Å². The molecule has 0 aliphatic carbocycles. The van der Waals surface area contributed by atoms with E-state index in [9.17, 15) is 4.79 Å². The van der Waals surface area contributed by atoms with Crippen molar-refractivity contribution in [1.29, 1.82) is 0 Å². The van der Waals surface area contributed by atoms with Gasteiger partial charge >= 0.3 is 0 Å². The lowest BCUT2D eigenvalue weighted by Crippen LogP contribution is -2.56. The monoisotopic (exact) mass is 336 g/mol. The summed E-state index contributed by atoms with van der Waals surface area (Å²) in [6.07, 6.45) is 3.50. The topological polar surface area (TPSA) is 75.9 Å². The molecule has 1 N–H and O–H groups in total. The van der Waals surface area contributed by atoms with Gasteiger partial charge in [0.25, 0.3) is 5.56 Å². The van der Waals surface area contributed by atoms with Crippen molar-refractivity contribution in [1.82, 2.24) is 24.8 Å². The summed E-state index contributed by atoms with van der Waals surface area (Å²) < 4.78 is 1.56. The van der Waals surface area contributed by atoms with Crippen molar-refractivity contribution < 1.29 is 0 Å². The number of aromatic nitrogens is 4. The van der Waals surface area contributed by atoms with Crippen molar-refractivity contribution in [2.75, 3.05) is 25.0 Å². The highest BCUT2D eigenvalue weighted by atomic mass is 16.1. The predicted octanol–water partition coefficient (Wildman–Crippen LogP) is 1.11. The summed E-state index contributed by atoms with van der Waals surface area (Å²) >= 11 is 0. The molecular formula is C18H20N6O. The number of hydrogen-bond acceptors (Lipinski definition) is 6. The predicted molar refractivity (Wildman–Crippen MR) is 97.8 cm³/mol. The highest BCUT2D eigenvalue weighted by molar-refractivity contribution is 5.83. The number of aryl methyl sites for hydroxylation is 1. The Morgan fingerprint density at radius 2 is 2.04 bits per heavy atom. The molecular weight excluding hydrogens is 316 g/mol. The zero-order chi connectivity index (χ0) is 17.6. The number of rotatable bonds is 3. The van der Waals surface area contributed by atoms with Crippen LogP contribution in [0.25, 0.3) is 22.2 Å². The molecule has 2 aromatic heterocycles. The number of likely N-dealkylation sites (N-methyl/N-ethyl adjacent to an activating group) is 1. The molecule has 25 heavy (non-hydrogen) atoms. The maximum atomic E-state index is 12.5. The summed E-state index contributed by atoms with van der Waals surface area (Å²) in [7, 11) is 3.76. The van der Waals surface area contributed by atoms with Crippen LogP contribution in [0.1, 0.15) is 5.82 Å². The van der Waals surface area contributed by atoms with Gasteiger partial charge < -0.3 is 10.2 Å². The van der Waals surface area contributed by atoms with Crippen LogP contribution in [-0.4, -0.2) is 45.7 Å². The summed E-state index contributed by atoms with van der Waals surface area (Å²) in [5, 5.41) is 3.85. The molecule has 3 heterocycles. The summed E-state index contributed by atoms with van der Waals surface area (Å²) in [5.74, 6) is 1.53. The number of nitrogens with zero attached hydrogens (tertiary/aromatic N) is 5. The lowest BCUT2D eigenvalue weighted by molar-refractivity contribution is 0.426. The third-order valence-electron chi connectivity index (χ3n) is 4.89. The molecule has 0 bridgehead atoms. The van der Waals surface area contributed by atoms with E-state index in [1.165, 1.54) is 0 Å². The number of hydrogen-bond donors (Lipinski definition) is 1. The molecule has 0 radical (unpaired) electrons. The first-order chi connectivity index (χ1) is 12.0. The molecule has 1 saturated heterocycles. The first kappa shape index (κ1) is 15.7. The molecule has 0 atom stereocenters. The maximum absolute atomic E-state index is 12.5. The Hall–Kier alpha value is -2.80. The molecule has 7 heteroatoms. The fourth-order valence-corrected chi connectivity index (χ4v) is 2.94. The van der Waals surface area contributed by atoms with Crippen molar-refractivity contribution in [3.63, 3.8) is 0 Å². The molecule has 7 nitrogen and oxygen atoms in total. The molecule has 3 aromatic rings. The molecule has 0 amide bonds. The summed E-state index contributed by atoms with van der Waals surface area (Å²) in [4.78, 5) is 28.2. The Morgan fingerprint density at radius 3 is 2.76 bits per heavy atom. The van der Waals surface area contributed by atoms with Gasteiger partial charge in [-0.05, 0) is 19.1 Å². The van der Waals surface area contributed by atoms with Crippen LogP contribution < -0.4 is 15.8 Å². The number of anilines is 1. The van der Waals surface area contributed by atoms with E-state index in [1.807, 2.05) is 32.2 Å². The molecule has 128 valence electrons. The average molecular weight is 336 g/mol. The van der Waals surface area contributed by atoms with Gasteiger partial charge in [0.2, 0.25) is 0 Å². The van der Waals surface area contributed by atoms with Gasteiger partial charge in [-0.15, -0.1) is 0 Å². The van der Waals surface area contributed by atoms with Gasteiger partial charge in [0, 0.05) is 32.7 Å². The number of benzene rings is 1. The van der Waals surface area contributed by atoms with Gasteiger partial charge in [-0.25, -0.2) is 9.97 Å². The van der Waals surface area contributed by atoms with Crippen molar-refractivity contribution in [3.8, 4) is 11.3 Å². The van der Waals surface area contributed by atoms with E-state index >= 15 is 0 Å². The van der Waals surface area contributed by atoms with Gasteiger partial charge in [-0.2, -0.15) is 0 Å². The fraction of sp³-hybridized carbons (Fsp3) is 0.333. The lowest BCUT2D eigenvalue weighted by atomic mass is 10.1. The smallest absolute Gasteiger partial charge is 0.261 e. The minimum absolute atomic E-state index is 0.0499. The fourth-order valence-electron chi connectivity index (χ4n) is 2.94. The van der Waals surface area contributed by atoms with Crippen LogP contribution in [0, 0.1) is 6.92 Å². The number of nitrogens with one attached hydrogen (secondary N) is 1.